The maximum Gasteiger partial charge on any atom is 0.242 e. The molecule has 0 aliphatic heterocycles. The predicted molar refractivity (Wildman–Crippen MR) is 63.5 cm³/mol. The zero-order chi connectivity index (χ0) is 11.1. The first-order valence-electron chi connectivity index (χ1n) is 5.41. The first-order valence-corrected chi connectivity index (χ1v) is 8.82. The summed E-state index contributed by atoms with van der Waals surface area (Å²) >= 11 is 0. The van der Waals surface area contributed by atoms with Gasteiger partial charge in [-0.3, -0.25) is 0 Å². The molecular formula is C12H18O2Si. The molecule has 1 aliphatic carbocycles. The summed E-state index contributed by atoms with van der Waals surface area (Å²) in [7, 11) is -1.54. The second kappa shape index (κ2) is 3.35. The summed E-state index contributed by atoms with van der Waals surface area (Å²) in [6.07, 6.45) is 1.76. The molecule has 0 unspecified atom stereocenters. The van der Waals surface area contributed by atoms with Crippen LogP contribution in [0.4, 0.5) is 0 Å². The van der Waals surface area contributed by atoms with Crippen molar-refractivity contribution in [1.82, 2.24) is 0 Å². The third-order valence-corrected chi connectivity index (χ3v) is 3.37. The Hall–Kier alpha value is -0.803. The highest BCUT2D eigenvalue weighted by Crippen LogP contribution is 2.45. The molecule has 3 heteroatoms. The van der Waals surface area contributed by atoms with Gasteiger partial charge in [-0.15, -0.1) is 0 Å². The van der Waals surface area contributed by atoms with Crippen LogP contribution < -0.4 is 4.43 Å². The molecule has 0 spiro atoms. The molecule has 15 heavy (non-hydrogen) atoms. The van der Waals surface area contributed by atoms with E-state index >= 15 is 0 Å². The molecule has 0 atom stereocenters. The molecule has 82 valence electrons. The van der Waals surface area contributed by atoms with Crippen LogP contribution in [0, 0.1) is 0 Å². The van der Waals surface area contributed by atoms with Gasteiger partial charge < -0.3 is 9.53 Å². The van der Waals surface area contributed by atoms with E-state index in [4.69, 9.17) is 4.43 Å². The number of hydrogen-bond donors (Lipinski definition) is 1. The molecule has 0 aromatic heterocycles. The average Bonchev–Trinajstić information content (AvgIpc) is 2.82. The largest absolute Gasteiger partial charge is 0.544 e. The van der Waals surface area contributed by atoms with E-state index in [0.29, 0.717) is 0 Å². The lowest BCUT2D eigenvalue weighted by Crippen LogP contribution is -2.29. The van der Waals surface area contributed by atoms with E-state index in [-0.39, 0.29) is 0 Å². The van der Waals surface area contributed by atoms with Gasteiger partial charge in [-0.1, -0.05) is 12.1 Å². The highest BCUT2D eigenvalue weighted by atomic mass is 28.4. The number of rotatable bonds is 3. The van der Waals surface area contributed by atoms with Crippen LogP contribution >= 0.6 is 0 Å². The van der Waals surface area contributed by atoms with Gasteiger partial charge in [0.1, 0.15) is 5.75 Å². The highest BCUT2D eigenvalue weighted by molar-refractivity contribution is 6.70. The van der Waals surface area contributed by atoms with E-state index in [9.17, 15) is 5.11 Å². The smallest absolute Gasteiger partial charge is 0.242 e. The lowest BCUT2D eigenvalue weighted by molar-refractivity contribution is 0.151. The molecule has 2 rings (SSSR count). The second-order valence-electron chi connectivity index (χ2n) is 5.27. The molecule has 0 heterocycles. The first-order chi connectivity index (χ1) is 6.89. The van der Waals surface area contributed by atoms with Gasteiger partial charge in [-0.2, -0.15) is 0 Å². The molecule has 2 nitrogen and oxygen atoms in total. The summed E-state index contributed by atoms with van der Waals surface area (Å²) in [6, 6.07) is 7.88. The van der Waals surface area contributed by atoms with Gasteiger partial charge in [0, 0.05) is 0 Å². The fraction of sp³-hybridized carbons (Fsp3) is 0.500. The van der Waals surface area contributed by atoms with Crippen LogP contribution in [-0.4, -0.2) is 13.4 Å². The monoisotopic (exact) mass is 222 g/mol. The fourth-order valence-corrected chi connectivity index (χ4v) is 2.44. The van der Waals surface area contributed by atoms with Gasteiger partial charge in [0.25, 0.3) is 0 Å². The van der Waals surface area contributed by atoms with E-state index in [1.165, 1.54) is 0 Å². The Bertz CT molecular complexity index is 364. The normalized spacial score (nSPS) is 18.7. The van der Waals surface area contributed by atoms with Crippen molar-refractivity contribution in [1.29, 1.82) is 0 Å². The quantitative estimate of drug-likeness (QED) is 0.797. The summed E-state index contributed by atoms with van der Waals surface area (Å²) in [6.45, 7) is 6.47. The number of aliphatic hydroxyl groups is 1. The molecule has 0 radical (unpaired) electrons. The molecule has 0 bridgehead atoms. The van der Waals surface area contributed by atoms with Gasteiger partial charge in [-0.25, -0.2) is 0 Å². The maximum absolute atomic E-state index is 9.98. The molecule has 1 fully saturated rings. The number of benzene rings is 1. The summed E-state index contributed by atoms with van der Waals surface area (Å²) in [4.78, 5) is 0. The number of hydrogen-bond acceptors (Lipinski definition) is 2. The van der Waals surface area contributed by atoms with Gasteiger partial charge >= 0.3 is 0 Å². The molecule has 1 N–H and O–H groups in total. The van der Waals surface area contributed by atoms with Crippen molar-refractivity contribution < 1.29 is 9.53 Å². The van der Waals surface area contributed by atoms with Gasteiger partial charge in [0.2, 0.25) is 8.32 Å². The maximum atomic E-state index is 9.98. The standard InChI is InChI=1S/C12H18O2Si/c1-15(2,3)14-11-6-4-5-10(9-11)12(13)7-8-12/h4-6,9,13H,7-8H2,1-3H3. The van der Waals surface area contributed by atoms with Crippen molar-refractivity contribution in [3.8, 4) is 5.75 Å². The predicted octanol–water partition coefficient (Wildman–Crippen LogP) is 2.88. The molecule has 1 aromatic rings. The molecule has 0 amide bonds. The topological polar surface area (TPSA) is 29.5 Å². The van der Waals surface area contributed by atoms with Crippen molar-refractivity contribution in [3.05, 3.63) is 29.8 Å². The van der Waals surface area contributed by atoms with Crippen LogP contribution in [0.3, 0.4) is 0 Å². The van der Waals surface area contributed by atoms with Crippen LogP contribution in [0.15, 0.2) is 24.3 Å². The third-order valence-electron chi connectivity index (χ3n) is 2.52. The van der Waals surface area contributed by atoms with Crippen molar-refractivity contribution in [2.24, 2.45) is 0 Å². The van der Waals surface area contributed by atoms with E-state index in [2.05, 4.69) is 19.6 Å². The SMILES string of the molecule is C[Si](C)(C)Oc1cccc(C2(O)CC2)c1. The summed E-state index contributed by atoms with van der Waals surface area (Å²) < 4.78 is 5.89. The molecular weight excluding hydrogens is 204 g/mol. The Kier molecular flexibility index (Phi) is 2.39. The van der Waals surface area contributed by atoms with Crippen LogP contribution in [0.5, 0.6) is 5.75 Å². The van der Waals surface area contributed by atoms with E-state index < -0.39 is 13.9 Å². The van der Waals surface area contributed by atoms with E-state index in [1.54, 1.807) is 0 Å². The Morgan fingerprint density at radius 3 is 2.47 bits per heavy atom. The average molecular weight is 222 g/mol. The molecule has 0 saturated heterocycles. The molecule has 1 aliphatic rings. The zero-order valence-electron chi connectivity index (χ0n) is 9.58. The van der Waals surface area contributed by atoms with Crippen molar-refractivity contribution in [3.63, 3.8) is 0 Å². The Morgan fingerprint density at radius 1 is 1.27 bits per heavy atom. The van der Waals surface area contributed by atoms with Gasteiger partial charge in [-0.05, 0) is 50.2 Å². The molecule has 1 aromatic carbocycles. The van der Waals surface area contributed by atoms with Gasteiger partial charge in [0.15, 0.2) is 0 Å². The minimum Gasteiger partial charge on any atom is -0.544 e. The minimum absolute atomic E-state index is 0.557. The summed E-state index contributed by atoms with van der Waals surface area (Å²) in [5, 5.41) is 9.98. The lowest BCUT2D eigenvalue weighted by Gasteiger charge is -2.20. The van der Waals surface area contributed by atoms with Crippen LogP contribution in [-0.2, 0) is 5.60 Å². The Labute approximate surface area is 92.0 Å². The third kappa shape index (κ3) is 2.61. The van der Waals surface area contributed by atoms with Gasteiger partial charge in [0.05, 0.1) is 5.60 Å². The molecule has 1 saturated carbocycles. The first kappa shape index (κ1) is 10.7. The second-order valence-corrected chi connectivity index (χ2v) is 9.70. The summed E-state index contributed by atoms with van der Waals surface area (Å²) in [5.74, 6) is 0.895. The van der Waals surface area contributed by atoms with Crippen molar-refractivity contribution in [2.45, 2.75) is 38.1 Å². The Morgan fingerprint density at radius 2 is 1.93 bits per heavy atom. The zero-order valence-corrected chi connectivity index (χ0v) is 10.6. The van der Waals surface area contributed by atoms with Crippen LogP contribution in [0.25, 0.3) is 0 Å². The van der Waals surface area contributed by atoms with Crippen molar-refractivity contribution >= 4 is 8.32 Å². The summed E-state index contributed by atoms with van der Waals surface area (Å²) in [5.41, 5.74) is 0.442. The van der Waals surface area contributed by atoms with Crippen molar-refractivity contribution in [2.75, 3.05) is 0 Å². The van der Waals surface area contributed by atoms with Crippen LogP contribution in [0.1, 0.15) is 18.4 Å². The Balaban J connectivity index is 2.20. The van der Waals surface area contributed by atoms with E-state index in [1.807, 2.05) is 24.3 Å². The fourth-order valence-electron chi connectivity index (χ4n) is 1.61. The minimum atomic E-state index is -1.54. The van der Waals surface area contributed by atoms with E-state index in [0.717, 1.165) is 24.2 Å². The highest BCUT2D eigenvalue weighted by Gasteiger charge is 2.42. The lowest BCUT2D eigenvalue weighted by atomic mass is 10.1. The van der Waals surface area contributed by atoms with Crippen LogP contribution in [0.2, 0.25) is 19.6 Å².